The lowest BCUT2D eigenvalue weighted by atomic mass is 10.1. The van der Waals surface area contributed by atoms with Crippen LogP contribution < -0.4 is 5.32 Å². The van der Waals surface area contributed by atoms with Crippen LogP contribution in [0.5, 0.6) is 0 Å². The number of imidazole rings is 1. The zero-order valence-corrected chi connectivity index (χ0v) is 14.5. The van der Waals surface area contributed by atoms with Gasteiger partial charge in [-0.25, -0.2) is 4.98 Å². The quantitative estimate of drug-likeness (QED) is 0.695. The molecule has 0 saturated carbocycles. The summed E-state index contributed by atoms with van der Waals surface area (Å²) in [6.45, 7) is 0. The Balaban J connectivity index is 1.72. The van der Waals surface area contributed by atoms with E-state index in [1.807, 2.05) is 30.3 Å². The second-order valence-electron chi connectivity index (χ2n) is 5.78. The Morgan fingerprint density at radius 1 is 1.08 bits per heavy atom. The van der Waals surface area contributed by atoms with Crippen molar-refractivity contribution in [2.45, 2.75) is 6.10 Å². The van der Waals surface area contributed by atoms with Crippen LogP contribution in [0, 0.1) is 0 Å². The molecule has 0 bridgehead atoms. The van der Waals surface area contributed by atoms with Crippen molar-refractivity contribution in [2.75, 3.05) is 12.4 Å². The summed E-state index contributed by atoms with van der Waals surface area (Å²) in [5, 5.41) is 2.81. The highest BCUT2D eigenvalue weighted by Crippen LogP contribution is 2.19. The maximum atomic E-state index is 12.5. The molecule has 6 nitrogen and oxygen atoms in total. The first-order chi connectivity index (χ1) is 12.6. The predicted molar refractivity (Wildman–Crippen MR) is 97.9 cm³/mol. The molecule has 1 N–H and O–H groups in total. The third-order valence-electron chi connectivity index (χ3n) is 4.02. The van der Waals surface area contributed by atoms with Crippen molar-refractivity contribution in [3.05, 3.63) is 83.9 Å². The number of rotatable bonds is 6. The first kappa shape index (κ1) is 17.6. The van der Waals surface area contributed by atoms with Crippen LogP contribution in [0.2, 0.25) is 0 Å². The highest BCUT2D eigenvalue weighted by molar-refractivity contribution is 6.07. The molecule has 3 aromatic rings. The molecule has 1 atom stereocenters. The Hall–Kier alpha value is -3.25. The summed E-state index contributed by atoms with van der Waals surface area (Å²) in [6.07, 6.45) is 2.59. The van der Waals surface area contributed by atoms with Crippen molar-refractivity contribution >= 4 is 17.4 Å². The molecule has 1 aromatic heterocycles. The molecule has 1 amide bonds. The number of hydrogen-bond acceptors (Lipinski definition) is 4. The van der Waals surface area contributed by atoms with Crippen molar-refractivity contribution in [1.82, 2.24) is 9.55 Å². The average molecular weight is 349 g/mol. The molecule has 26 heavy (non-hydrogen) atoms. The second-order valence-corrected chi connectivity index (χ2v) is 5.78. The lowest BCUT2D eigenvalue weighted by molar-refractivity contribution is -0.126. The number of benzene rings is 2. The van der Waals surface area contributed by atoms with Crippen molar-refractivity contribution < 1.29 is 14.3 Å². The highest BCUT2D eigenvalue weighted by atomic mass is 16.5. The Morgan fingerprint density at radius 3 is 2.35 bits per heavy atom. The molecule has 0 radical (unpaired) electrons. The number of methoxy groups -OCH3 is 1. The third-order valence-corrected chi connectivity index (χ3v) is 4.02. The van der Waals surface area contributed by atoms with Gasteiger partial charge in [-0.05, 0) is 29.8 Å². The van der Waals surface area contributed by atoms with E-state index in [0.717, 1.165) is 5.56 Å². The van der Waals surface area contributed by atoms with Gasteiger partial charge < -0.3 is 14.6 Å². The zero-order valence-electron chi connectivity index (χ0n) is 14.5. The molecule has 0 saturated heterocycles. The molecule has 0 spiro atoms. The molecule has 0 aliphatic rings. The largest absolute Gasteiger partial charge is 0.367 e. The normalized spacial score (nSPS) is 11.8. The van der Waals surface area contributed by atoms with Gasteiger partial charge in [-0.2, -0.15) is 0 Å². The van der Waals surface area contributed by atoms with Crippen molar-refractivity contribution in [2.24, 2.45) is 7.05 Å². The lowest BCUT2D eigenvalue weighted by Gasteiger charge is -2.15. The van der Waals surface area contributed by atoms with Crippen LogP contribution in [0.15, 0.2) is 67.0 Å². The number of aromatic nitrogens is 2. The van der Waals surface area contributed by atoms with Gasteiger partial charge in [0.05, 0.1) is 0 Å². The van der Waals surface area contributed by atoms with Crippen LogP contribution in [0.3, 0.4) is 0 Å². The SMILES string of the molecule is CO[C@@H](C(=O)Nc1ccc(C(=O)c2nccn2C)cc1)c1ccccc1. The number of ether oxygens (including phenoxy) is 1. The van der Waals surface area contributed by atoms with Gasteiger partial charge in [0.2, 0.25) is 5.78 Å². The Labute approximate surface area is 151 Å². The van der Waals surface area contributed by atoms with Gasteiger partial charge in [-0.15, -0.1) is 0 Å². The fraction of sp³-hybridized carbons (Fsp3) is 0.150. The number of nitrogens with zero attached hydrogens (tertiary/aromatic N) is 2. The van der Waals surface area contributed by atoms with Crippen LogP contribution in [0.25, 0.3) is 0 Å². The molecular formula is C20H19N3O3. The molecule has 2 aromatic carbocycles. The van der Waals surface area contributed by atoms with Gasteiger partial charge in [0.15, 0.2) is 11.9 Å². The lowest BCUT2D eigenvalue weighted by Crippen LogP contribution is -2.22. The van der Waals surface area contributed by atoms with Gasteiger partial charge in [0, 0.05) is 37.8 Å². The van der Waals surface area contributed by atoms with Crippen LogP contribution in [0.1, 0.15) is 27.8 Å². The first-order valence-corrected chi connectivity index (χ1v) is 8.11. The first-order valence-electron chi connectivity index (χ1n) is 8.11. The smallest absolute Gasteiger partial charge is 0.258 e. The number of amides is 1. The number of aryl methyl sites for hydroxylation is 1. The molecule has 0 aliphatic carbocycles. The zero-order chi connectivity index (χ0) is 18.5. The molecule has 0 unspecified atom stereocenters. The van der Waals surface area contributed by atoms with E-state index in [9.17, 15) is 9.59 Å². The Morgan fingerprint density at radius 2 is 1.77 bits per heavy atom. The van der Waals surface area contributed by atoms with E-state index in [1.165, 1.54) is 7.11 Å². The van der Waals surface area contributed by atoms with E-state index in [2.05, 4.69) is 10.3 Å². The van der Waals surface area contributed by atoms with E-state index in [4.69, 9.17) is 4.74 Å². The van der Waals surface area contributed by atoms with Crippen LogP contribution >= 0.6 is 0 Å². The topological polar surface area (TPSA) is 73.2 Å². The summed E-state index contributed by atoms with van der Waals surface area (Å²) in [5.74, 6) is -0.0818. The molecular weight excluding hydrogens is 330 g/mol. The summed E-state index contributed by atoms with van der Waals surface area (Å²) in [5.41, 5.74) is 1.86. The fourth-order valence-corrected chi connectivity index (χ4v) is 2.65. The summed E-state index contributed by atoms with van der Waals surface area (Å²) in [6, 6.07) is 16.0. The van der Waals surface area contributed by atoms with E-state index in [0.29, 0.717) is 17.1 Å². The highest BCUT2D eigenvalue weighted by Gasteiger charge is 2.20. The van der Waals surface area contributed by atoms with Crippen molar-refractivity contribution in [1.29, 1.82) is 0 Å². The van der Waals surface area contributed by atoms with Crippen LogP contribution in [0.4, 0.5) is 5.69 Å². The van der Waals surface area contributed by atoms with E-state index in [1.54, 1.807) is 48.3 Å². The fourth-order valence-electron chi connectivity index (χ4n) is 2.65. The third kappa shape index (κ3) is 3.70. The van der Waals surface area contributed by atoms with Gasteiger partial charge in [0.1, 0.15) is 0 Å². The molecule has 0 aliphatic heterocycles. The maximum absolute atomic E-state index is 12.5. The molecule has 0 fully saturated rings. The average Bonchev–Trinajstić information content (AvgIpc) is 3.09. The Bertz CT molecular complexity index is 902. The van der Waals surface area contributed by atoms with Gasteiger partial charge in [-0.1, -0.05) is 30.3 Å². The minimum Gasteiger partial charge on any atom is -0.367 e. The van der Waals surface area contributed by atoms with Crippen LogP contribution in [-0.4, -0.2) is 28.4 Å². The minimum absolute atomic E-state index is 0.172. The Kier molecular flexibility index (Phi) is 5.24. The molecule has 3 rings (SSSR count). The molecule has 6 heteroatoms. The number of carbonyl (C=O) groups is 2. The summed E-state index contributed by atoms with van der Waals surface area (Å²) in [4.78, 5) is 28.9. The number of hydrogen-bond donors (Lipinski definition) is 1. The predicted octanol–water partition coefficient (Wildman–Crippen LogP) is 2.98. The van der Waals surface area contributed by atoms with Crippen molar-refractivity contribution in [3.8, 4) is 0 Å². The summed E-state index contributed by atoms with van der Waals surface area (Å²) >= 11 is 0. The van der Waals surface area contributed by atoms with Gasteiger partial charge >= 0.3 is 0 Å². The monoisotopic (exact) mass is 349 g/mol. The number of carbonyl (C=O) groups excluding carboxylic acids is 2. The van der Waals surface area contributed by atoms with Crippen LogP contribution in [-0.2, 0) is 16.6 Å². The number of nitrogens with one attached hydrogen (secondary N) is 1. The number of anilines is 1. The summed E-state index contributed by atoms with van der Waals surface area (Å²) < 4.78 is 6.98. The summed E-state index contributed by atoms with van der Waals surface area (Å²) in [7, 11) is 3.26. The molecule has 1 heterocycles. The minimum atomic E-state index is -0.704. The maximum Gasteiger partial charge on any atom is 0.258 e. The van der Waals surface area contributed by atoms with E-state index >= 15 is 0 Å². The number of ketones is 1. The second kappa shape index (κ2) is 7.76. The van der Waals surface area contributed by atoms with E-state index in [-0.39, 0.29) is 11.7 Å². The standard InChI is InChI=1S/C20H19N3O3/c1-23-13-12-21-19(23)17(24)14-8-10-16(11-9-14)22-20(25)18(26-2)15-6-4-3-5-7-15/h3-13,18H,1-2H3,(H,22,25)/t18-/m1/s1. The molecule has 132 valence electrons. The van der Waals surface area contributed by atoms with E-state index < -0.39 is 6.10 Å². The van der Waals surface area contributed by atoms with Crippen molar-refractivity contribution in [3.63, 3.8) is 0 Å². The van der Waals surface area contributed by atoms with Gasteiger partial charge in [-0.3, -0.25) is 9.59 Å². The van der Waals surface area contributed by atoms with Gasteiger partial charge in [0.25, 0.3) is 5.91 Å².